The molecule has 0 unspecified atom stereocenters. The summed E-state index contributed by atoms with van der Waals surface area (Å²) in [5, 5.41) is 3.93. The molecule has 0 spiro atoms. The molecule has 0 aliphatic carbocycles. The third kappa shape index (κ3) is 4.39. The first-order valence-electron chi connectivity index (χ1n) is 7.74. The van der Waals surface area contributed by atoms with Gasteiger partial charge >= 0.3 is 11.9 Å². The van der Waals surface area contributed by atoms with Crippen molar-refractivity contribution in [1.82, 2.24) is 4.57 Å². The van der Waals surface area contributed by atoms with Crippen molar-refractivity contribution in [2.75, 3.05) is 33.3 Å². The number of methoxy groups -OCH3 is 3. The summed E-state index contributed by atoms with van der Waals surface area (Å²) in [4.78, 5) is 23.3. The van der Waals surface area contributed by atoms with Gasteiger partial charge in [-0.05, 0) is 31.2 Å². The molecular formula is C18H22N2O5. The number of anilines is 1. The smallest absolute Gasteiger partial charge is 0.354 e. The van der Waals surface area contributed by atoms with Crippen LogP contribution in [0.15, 0.2) is 36.0 Å². The third-order valence-electron chi connectivity index (χ3n) is 3.78. The molecule has 0 aliphatic heterocycles. The van der Waals surface area contributed by atoms with Crippen LogP contribution in [0.5, 0.6) is 0 Å². The summed E-state index contributed by atoms with van der Waals surface area (Å²) < 4.78 is 16.6. The number of hydrogen-bond acceptors (Lipinski definition) is 6. The molecule has 134 valence electrons. The Hall–Kier alpha value is -2.80. The summed E-state index contributed by atoms with van der Waals surface area (Å²) in [7, 11) is 4.16. The van der Waals surface area contributed by atoms with Gasteiger partial charge in [-0.15, -0.1) is 0 Å². The van der Waals surface area contributed by atoms with Crippen LogP contribution in [0, 0.1) is 6.92 Å². The number of carbonyl (C=O) groups is 2. The zero-order valence-electron chi connectivity index (χ0n) is 14.8. The minimum atomic E-state index is -0.653. The molecule has 7 nitrogen and oxygen atoms in total. The van der Waals surface area contributed by atoms with Crippen LogP contribution in [0.3, 0.4) is 0 Å². The molecule has 0 bridgehead atoms. The second kappa shape index (κ2) is 8.34. The SMILES string of the molecule is COCCn1c(C)cc2cc(N/C(=C/C(=O)OC)C(=O)OC)ccc21. The van der Waals surface area contributed by atoms with E-state index in [0.29, 0.717) is 12.3 Å². The van der Waals surface area contributed by atoms with Gasteiger partial charge in [0.15, 0.2) is 0 Å². The van der Waals surface area contributed by atoms with E-state index in [1.54, 1.807) is 7.11 Å². The van der Waals surface area contributed by atoms with Gasteiger partial charge in [0.25, 0.3) is 0 Å². The number of aromatic nitrogens is 1. The number of benzene rings is 1. The summed E-state index contributed by atoms with van der Waals surface area (Å²) in [6.45, 7) is 3.41. The molecule has 1 N–H and O–H groups in total. The van der Waals surface area contributed by atoms with E-state index in [4.69, 9.17) is 4.74 Å². The summed E-state index contributed by atoms with van der Waals surface area (Å²) in [5.41, 5.74) is 2.85. The predicted octanol–water partition coefficient (Wildman–Crippen LogP) is 2.24. The van der Waals surface area contributed by atoms with E-state index in [0.717, 1.165) is 29.2 Å². The Labute approximate surface area is 146 Å². The van der Waals surface area contributed by atoms with Crippen LogP contribution in [0.4, 0.5) is 5.69 Å². The largest absolute Gasteiger partial charge is 0.466 e. The number of hydrogen-bond donors (Lipinski definition) is 1. The standard InChI is InChI=1S/C18H22N2O5/c1-12-9-13-10-14(5-6-16(13)20(12)7-8-23-2)19-15(18(22)25-4)11-17(21)24-3/h5-6,9-11,19H,7-8H2,1-4H3/b15-11+. The van der Waals surface area contributed by atoms with E-state index in [-0.39, 0.29) is 5.70 Å². The van der Waals surface area contributed by atoms with Gasteiger partial charge in [0.2, 0.25) is 0 Å². The van der Waals surface area contributed by atoms with E-state index in [1.807, 2.05) is 25.1 Å². The van der Waals surface area contributed by atoms with Gasteiger partial charge in [0, 0.05) is 35.9 Å². The van der Waals surface area contributed by atoms with Crippen molar-refractivity contribution in [3.63, 3.8) is 0 Å². The lowest BCUT2D eigenvalue weighted by atomic mass is 10.2. The van der Waals surface area contributed by atoms with Crippen molar-refractivity contribution >= 4 is 28.5 Å². The molecule has 0 atom stereocenters. The van der Waals surface area contributed by atoms with Crippen LogP contribution < -0.4 is 5.32 Å². The molecule has 0 amide bonds. The predicted molar refractivity (Wildman–Crippen MR) is 94.3 cm³/mol. The second-order valence-electron chi connectivity index (χ2n) is 5.40. The minimum absolute atomic E-state index is 0.00392. The highest BCUT2D eigenvalue weighted by Gasteiger charge is 2.14. The second-order valence-corrected chi connectivity index (χ2v) is 5.40. The number of esters is 2. The molecule has 0 radical (unpaired) electrons. The van der Waals surface area contributed by atoms with Gasteiger partial charge in [-0.1, -0.05) is 0 Å². The van der Waals surface area contributed by atoms with Crippen LogP contribution in [0.25, 0.3) is 10.9 Å². The lowest BCUT2D eigenvalue weighted by molar-refractivity contribution is -0.138. The van der Waals surface area contributed by atoms with E-state index in [2.05, 4.69) is 25.4 Å². The van der Waals surface area contributed by atoms with E-state index in [1.165, 1.54) is 14.2 Å². The maximum atomic E-state index is 11.8. The highest BCUT2D eigenvalue weighted by atomic mass is 16.5. The van der Waals surface area contributed by atoms with Crippen LogP contribution in [-0.2, 0) is 30.3 Å². The maximum Gasteiger partial charge on any atom is 0.354 e. The molecule has 1 aromatic carbocycles. The number of ether oxygens (including phenoxy) is 3. The Morgan fingerprint density at radius 3 is 2.56 bits per heavy atom. The van der Waals surface area contributed by atoms with Gasteiger partial charge in [0.05, 0.1) is 26.9 Å². The summed E-state index contributed by atoms with van der Waals surface area (Å²) >= 11 is 0. The van der Waals surface area contributed by atoms with E-state index < -0.39 is 11.9 Å². The molecule has 25 heavy (non-hydrogen) atoms. The molecule has 1 aromatic heterocycles. The van der Waals surface area contributed by atoms with Gasteiger partial charge in [0.1, 0.15) is 5.70 Å². The zero-order valence-corrected chi connectivity index (χ0v) is 14.8. The van der Waals surface area contributed by atoms with Gasteiger partial charge in [-0.25, -0.2) is 9.59 Å². The number of carbonyl (C=O) groups excluding carboxylic acids is 2. The average molecular weight is 346 g/mol. The average Bonchev–Trinajstić information content (AvgIpc) is 2.92. The quantitative estimate of drug-likeness (QED) is 0.612. The zero-order chi connectivity index (χ0) is 18.4. The van der Waals surface area contributed by atoms with Crippen LogP contribution in [0.2, 0.25) is 0 Å². The van der Waals surface area contributed by atoms with Crippen molar-refractivity contribution in [2.24, 2.45) is 0 Å². The lowest BCUT2D eigenvalue weighted by Gasteiger charge is -2.10. The first-order chi connectivity index (χ1) is 12.0. The molecule has 0 aliphatic rings. The Morgan fingerprint density at radius 1 is 1.16 bits per heavy atom. The Kier molecular flexibility index (Phi) is 6.19. The lowest BCUT2D eigenvalue weighted by Crippen LogP contribution is -2.15. The van der Waals surface area contributed by atoms with E-state index >= 15 is 0 Å². The monoisotopic (exact) mass is 346 g/mol. The minimum Gasteiger partial charge on any atom is -0.466 e. The molecule has 7 heteroatoms. The Balaban J connectivity index is 2.33. The number of fused-ring (bicyclic) bond motifs is 1. The van der Waals surface area contributed by atoms with Crippen molar-refractivity contribution in [2.45, 2.75) is 13.5 Å². The maximum absolute atomic E-state index is 11.8. The molecule has 2 aromatic rings. The van der Waals surface area contributed by atoms with Crippen molar-refractivity contribution < 1.29 is 23.8 Å². The first kappa shape index (κ1) is 18.5. The number of nitrogens with one attached hydrogen (secondary N) is 1. The van der Waals surface area contributed by atoms with Gasteiger partial charge < -0.3 is 24.1 Å². The highest BCUT2D eigenvalue weighted by Crippen LogP contribution is 2.24. The fraction of sp³-hybridized carbons (Fsp3) is 0.333. The fourth-order valence-corrected chi connectivity index (χ4v) is 2.55. The third-order valence-corrected chi connectivity index (χ3v) is 3.78. The molecular weight excluding hydrogens is 324 g/mol. The molecule has 2 rings (SSSR count). The summed E-state index contributed by atoms with van der Waals surface area (Å²) in [6.07, 6.45) is 1.06. The van der Waals surface area contributed by atoms with Crippen molar-refractivity contribution in [3.8, 4) is 0 Å². The topological polar surface area (TPSA) is 78.8 Å². The Morgan fingerprint density at radius 2 is 1.92 bits per heavy atom. The molecule has 1 heterocycles. The van der Waals surface area contributed by atoms with Gasteiger partial charge in [-0.2, -0.15) is 0 Å². The highest BCUT2D eigenvalue weighted by molar-refractivity contribution is 5.99. The number of aryl methyl sites for hydroxylation is 1. The Bertz CT molecular complexity index is 807. The van der Waals surface area contributed by atoms with Crippen LogP contribution >= 0.6 is 0 Å². The van der Waals surface area contributed by atoms with Crippen molar-refractivity contribution in [3.05, 3.63) is 41.7 Å². The normalized spacial score (nSPS) is 11.4. The molecule has 0 saturated carbocycles. The first-order valence-corrected chi connectivity index (χ1v) is 7.74. The molecule has 0 fully saturated rings. The number of nitrogens with zero attached hydrogens (tertiary/aromatic N) is 1. The van der Waals surface area contributed by atoms with Crippen LogP contribution in [-0.4, -0.2) is 44.4 Å². The fourth-order valence-electron chi connectivity index (χ4n) is 2.55. The molecule has 0 saturated heterocycles. The van der Waals surface area contributed by atoms with Gasteiger partial charge in [-0.3, -0.25) is 0 Å². The van der Waals surface area contributed by atoms with Crippen LogP contribution in [0.1, 0.15) is 5.69 Å². The summed E-state index contributed by atoms with van der Waals surface area (Å²) in [5.74, 6) is -1.30. The number of rotatable bonds is 7. The van der Waals surface area contributed by atoms with E-state index in [9.17, 15) is 9.59 Å². The summed E-state index contributed by atoms with van der Waals surface area (Å²) in [6, 6.07) is 7.74. The van der Waals surface area contributed by atoms with Crippen molar-refractivity contribution in [1.29, 1.82) is 0 Å².